The van der Waals surface area contributed by atoms with Gasteiger partial charge in [-0.3, -0.25) is 9.59 Å². The fourth-order valence-corrected chi connectivity index (χ4v) is 2.27. The van der Waals surface area contributed by atoms with Gasteiger partial charge in [0.15, 0.2) is 0 Å². The zero-order valence-corrected chi connectivity index (χ0v) is 13.8. The maximum Gasteiger partial charge on any atom is 0.284 e. The molecular weight excluding hydrogens is 336 g/mol. The second-order valence-electron chi connectivity index (χ2n) is 4.28. The van der Waals surface area contributed by atoms with Crippen molar-refractivity contribution in [2.45, 2.75) is 26.8 Å². The Balaban J connectivity index is 2.65. The lowest BCUT2D eigenvalue weighted by molar-refractivity contribution is -0.130. The summed E-state index contributed by atoms with van der Waals surface area (Å²) in [7, 11) is 0. The minimum Gasteiger partial charge on any atom is -0.382 e. The highest BCUT2D eigenvalue weighted by atomic mass is 79.9. The first-order chi connectivity index (χ1) is 10.0. The summed E-state index contributed by atoms with van der Waals surface area (Å²) in [4.78, 5) is 25.5. The number of halogens is 1. The first-order valence-electron chi connectivity index (χ1n) is 6.75. The first kappa shape index (κ1) is 17.2. The Bertz CT molecular complexity index is 588. The fourth-order valence-electron chi connectivity index (χ4n) is 1.83. The summed E-state index contributed by atoms with van der Waals surface area (Å²) in [5, 5.41) is 7.00. The quantitative estimate of drug-likeness (QED) is 0.749. The Labute approximate surface area is 132 Å². The molecule has 0 fully saturated rings. The fraction of sp³-hybridized carbons (Fsp3) is 0.500. The molecule has 0 aromatic carbocycles. The normalized spacial score (nSPS) is 10.0. The molecule has 1 aromatic rings. The third kappa shape index (κ3) is 4.60. The Hall–Kier alpha value is -1.81. The van der Waals surface area contributed by atoms with Gasteiger partial charge in [0, 0.05) is 26.1 Å². The third-order valence-corrected chi connectivity index (χ3v) is 3.76. The number of rotatable bonds is 7. The minimum absolute atomic E-state index is 0.0808. The molecule has 0 unspecified atom stereocenters. The van der Waals surface area contributed by atoms with E-state index in [9.17, 15) is 9.59 Å². The molecule has 0 saturated heterocycles. The average Bonchev–Trinajstić information content (AvgIpc) is 2.48. The van der Waals surface area contributed by atoms with E-state index in [2.05, 4.69) is 32.3 Å². The van der Waals surface area contributed by atoms with Crippen molar-refractivity contribution in [3.8, 4) is 12.3 Å². The van der Waals surface area contributed by atoms with E-state index in [0.29, 0.717) is 36.2 Å². The van der Waals surface area contributed by atoms with Crippen LogP contribution in [-0.2, 0) is 11.3 Å². The van der Waals surface area contributed by atoms with Crippen molar-refractivity contribution < 1.29 is 4.79 Å². The van der Waals surface area contributed by atoms with E-state index in [1.807, 2.05) is 13.8 Å². The Morgan fingerprint density at radius 3 is 2.76 bits per heavy atom. The van der Waals surface area contributed by atoms with Crippen LogP contribution in [0.1, 0.15) is 20.3 Å². The van der Waals surface area contributed by atoms with Crippen molar-refractivity contribution >= 4 is 27.5 Å². The van der Waals surface area contributed by atoms with Crippen LogP contribution < -0.4 is 10.9 Å². The van der Waals surface area contributed by atoms with Crippen molar-refractivity contribution in [2.75, 3.05) is 25.0 Å². The van der Waals surface area contributed by atoms with Gasteiger partial charge in [0.1, 0.15) is 11.0 Å². The van der Waals surface area contributed by atoms with Crippen molar-refractivity contribution in [2.24, 2.45) is 0 Å². The monoisotopic (exact) mass is 354 g/mol. The van der Waals surface area contributed by atoms with Gasteiger partial charge >= 0.3 is 0 Å². The molecule has 1 aromatic heterocycles. The van der Waals surface area contributed by atoms with Crippen LogP contribution in [0.4, 0.5) is 5.69 Å². The number of nitrogens with zero attached hydrogens (tertiary/aromatic N) is 3. The molecule has 0 radical (unpaired) electrons. The zero-order valence-electron chi connectivity index (χ0n) is 12.2. The number of hydrogen-bond acceptors (Lipinski definition) is 4. The lowest BCUT2D eigenvalue weighted by Crippen LogP contribution is -2.31. The highest BCUT2D eigenvalue weighted by Crippen LogP contribution is 2.15. The Kier molecular flexibility index (Phi) is 6.96. The van der Waals surface area contributed by atoms with Gasteiger partial charge < -0.3 is 10.2 Å². The van der Waals surface area contributed by atoms with Crippen LogP contribution in [-0.4, -0.2) is 40.2 Å². The Morgan fingerprint density at radius 1 is 1.52 bits per heavy atom. The number of hydrogen-bond donors (Lipinski definition) is 1. The van der Waals surface area contributed by atoms with Gasteiger partial charge in [0.05, 0.1) is 11.9 Å². The van der Waals surface area contributed by atoms with Crippen LogP contribution in [0.2, 0.25) is 0 Å². The summed E-state index contributed by atoms with van der Waals surface area (Å²) in [6.07, 6.45) is 7.04. The van der Waals surface area contributed by atoms with Crippen LogP contribution in [0.3, 0.4) is 0 Å². The summed E-state index contributed by atoms with van der Waals surface area (Å²) >= 11 is 3.22. The molecule has 7 heteroatoms. The first-order valence-corrected chi connectivity index (χ1v) is 7.55. The van der Waals surface area contributed by atoms with Crippen molar-refractivity contribution in [1.82, 2.24) is 14.7 Å². The van der Waals surface area contributed by atoms with Gasteiger partial charge in [-0.25, -0.2) is 4.68 Å². The predicted molar refractivity (Wildman–Crippen MR) is 86.1 cm³/mol. The number of amides is 1. The standard InChI is InChI=1S/C14H19BrN4O2/c1-4-9-19-14(21)13(15)11(10-17-19)16-8-7-12(20)18(5-2)6-3/h1,10,16H,5-9H2,2-3H3. The third-order valence-electron chi connectivity index (χ3n) is 3.00. The molecule has 0 bridgehead atoms. The van der Waals surface area contributed by atoms with Crippen LogP contribution >= 0.6 is 15.9 Å². The van der Waals surface area contributed by atoms with Crippen molar-refractivity contribution in [3.63, 3.8) is 0 Å². The second kappa shape index (κ2) is 8.47. The van der Waals surface area contributed by atoms with E-state index in [1.54, 1.807) is 4.90 Å². The number of carbonyl (C=O) groups is 1. The predicted octanol–water partition coefficient (Wildman–Crippen LogP) is 1.31. The maximum atomic E-state index is 11.9. The molecule has 114 valence electrons. The summed E-state index contributed by atoms with van der Waals surface area (Å²) < 4.78 is 1.55. The summed E-state index contributed by atoms with van der Waals surface area (Å²) in [5.74, 6) is 2.44. The summed E-state index contributed by atoms with van der Waals surface area (Å²) in [6.45, 7) is 5.85. The minimum atomic E-state index is -0.298. The molecule has 6 nitrogen and oxygen atoms in total. The van der Waals surface area contributed by atoms with Crippen molar-refractivity contribution in [3.05, 3.63) is 21.0 Å². The van der Waals surface area contributed by atoms with E-state index in [1.165, 1.54) is 10.9 Å². The molecule has 1 N–H and O–H groups in total. The van der Waals surface area contributed by atoms with Gasteiger partial charge in [-0.05, 0) is 29.8 Å². The van der Waals surface area contributed by atoms with Crippen LogP contribution in [0.5, 0.6) is 0 Å². The van der Waals surface area contributed by atoms with E-state index < -0.39 is 0 Å². The molecule has 0 atom stereocenters. The lowest BCUT2D eigenvalue weighted by Gasteiger charge is -2.18. The van der Waals surface area contributed by atoms with E-state index in [0.717, 1.165) is 0 Å². The maximum absolute atomic E-state index is 11.9. The van der Waals surface area contributed by atoms with Crippen LogP contribution in [0.15, 0.2) is 15.5 Å². The number of terminal acetylenes is 1. The number of nitrogens with one attached hydrogen (secondary N) is 1. The molecule has 0 aliphatic rings. The molecule has 21 heavy (non-hydrogen) atoms. The van der Waals surface area contributed by atoms with E-state index in [4.69, 9.17) is 6.42 Å². The smallest absolute Gasteiger partial charge is 0.284 e. The van der Waals surface area contributed by atoms with Gasteiger partial charge in [0.2, 0.25) is 5.91 Å². The highest BCUT2D eigenvalue weighted by Gasteiger charge is 2.11. The van der Waals surface area contributed by atoms with Crippen LogP contribution in [0.25, 0.3) is 0 Å². The van der Waals surface area contributed by atoms with Gasteiger partial charge in [-0.15, -0.1) is 6.42 Å². The van der Waals surface area contributed by atoms with Gasteiger partial charge in [0.25, 0.3) is 5.56 Å². The molecule has 0 spiro atoms. The molecule has 1 rings (SSSR count). The molecule has 0 aliphatic heterocycles. The van der Waals surface area contributed by atoms with Crippen molar-refractivity contribution in [1.29, 1.82) is 0 Å². The zero-order chi connectivity index (χ0) is 15.8. The molecule has 0 aliphatic carbocycles. The summed E-state index contributed by atoms with van der Waals surface area (Å²) in [6, 6.07) is 0. The molecule has 1 heterocycles. The highest BCUT2D eigenvalue weighted by molar-refractivity contribution is 9.10. The number of anilines is 1. The van der Waals surface area contributed by atoms with Crippen LogP contribution in [0, 0.1) is 12.3 Å². The number of aromatic nitrogens is 2. The Morgan fingerprint density at radius 2 is 2.19 bits per heavy atom. The van der Waals surface area contributed by atoms with E-state index in [-0.39, 0.29) is 18.0 Å². The largest absolute Gasteiger partial charge is 0.382 e. The lowest BCUT2D eigenvalue weighted by atomic mass is 10.3. The average molecular weight is 355 g/mol. The van der Waals surface area contributed by atoms with E-state index >= 15 is 0 Å². The molecule has 1 amide bonds. The molecule has 0 saturated carbocycles. The van der Waals surface area contributed by atoms with Gasteiger partial charge in [-0.2, -0.15) is 5.10 Å². The summed E-state index contributed by atoms with van der Waals surface area (Å²) in [5.41, 5.74) is 0.258. The SMILES string of the molecule is C#CCn1ncc(NCCC(=O)N(CC)CC)c(Br)c1=O. The van der Waals surface area contributed by atoms with Gasteiger partial charge in [-0.1, -0.05) is 5.92 Å². The molecular formula is C14H19BrN4O2. The second-order valence-corrected chi connectivity index (χ2v) is 5.07. The number of carbonyl (C=O) groups excluding carboxylic acids is 1. The topological polar surface area (TPSA) is 67.2 Å².